The molecule has 0 spiro atoms. The number of nitrogens with one attached hydrogen (secondary N) is 1. The number of ether oxygens (including phenoxy) is 2. The summed E-state index contributed by atoms with van der Waals surface area (Å²) in [6.07, 6.45) is 0. The van der Waals surface area contributed by atoms with Gasteiger partial charge in [0.2, 0.25) is 0 Å². The highest BCUT2D eigenvalue weighted by Crippen LogP contribution is 2.24. The summed E-state index contributed by atoms with van der Waals surface area (Å²) in [7, 11) is 0. The van der Waals surface area contributed by atoms with Crippen LogP contribution in [0.3, 0.4) is 0 Å². The summed E-state index contributed by atoms with van der Waals surface area (Å²) >= 11 is 11.7. The minimum atomic E-state index is -2.99. The van der Waals surface area contributed by atoms with Crippen molar-refractivity contribution in [3.05, 3.63) is 63.6 Å². The maximum absolute atomic E-state index is 12.1. The van der Waals surface area contributed by atoms with Crippen molar-refractivity contribution in [2.24, 2.45) is 0 Å². The summed E-state index contributed by atoms with van der Waals surface area (Å²) < 4.78 is 33.1. The highest BCUT2D eigenvalue weighted by molar-refractivity contribution is 6.39. The quantitative estimate of drug-likeness (QED) is 0.724. The van der Waals surface area contributed by atoms with Gasteiger partial charge in [-0.15, -0.1) is 0 Å². The molecular formula is C17H11Cl2F2NO5. The molecule has 2 amide bonds. The number of halogens is 4. The molecule has 0 atom stereocenters. The van der Waals surface area contributed by atoms with Gasteiger partial charge in [-0.2, -0.15) is 8.78 Å². The van der Waals surface area contributed by atoms with E-state index in [2.05, 4.69) is 4.74 Å². The Hall–Kier alpha value is -2.71. The molecule has 2 rings (SSSR count). The first-order valence-corrected chi connectivity index (χ1v) is 8.03. The molecule has 0 radical (unpaired) electrons. The van der Waals surface area contributed by atoms with Crippen LogP contribution in [0.4, 0.5) is 8.78 Å². The fourth-order valence-electron chi connectivity index (χ4n) is 1.92. The van der Waals surface area contributed by atoms with Gasteiger partial charge in [-0.3, -0.25) is 14.9 Å². The Kier molecular flexibility index (Phi) is 7.09. The minimum absolute atomic E-state index is 0.0189. The minimum Gasteiger partial charge on any atom is -0.452 e. The second-order valence-electron chi connectivity index (χ2n) is 4.95. The molecule has 0 aliphatic carbocycles. The number of imide groups is 1. The van der Waals surface area contributed by atoms with E-state index in [1.54, 1.807) is 0 Å². The maximum Gasteiger partial charge on any atom is 0.387 e. The molecule has 10 heteroatoms. The second kappa shape index (κ2) is 9.29. The van der Waals surface area contributed by atoms with E-state index in [1.807, 2.05) is 5.32 Å². The zero-order valence-electron chi connectivity index (χ0n) is 13.4. The fraction of sp³-hybridized carbons (Fsp3) is 0.118. The van der Waals surface area contributed by atoms with Gasteiger partial charge in [0.15, 0.2) is 6.61 Å². The van der Waals surface area contributed by atoms with Crippen molar-refractivity contribution in [3.63, 3.8) is 0 Å². The van der Waals surface area contributed by atoms with Gasteiger partial charge in [0, 0.05) is 5.56 Å². The zero-order valence-corrected chi connectivity index (χ0v) is 14.9. The standard InChI is InChI=1S/C17H11Cl2F2NO5/c18-11-2-1-3-12(19)14(11)16(25)26-8-13(23)22-15(24)9-4-6-10(7-5-9)27-17(20)21/h1-7,17H,8H2,(H,22,23,24). The highest BCUT2D eigenvalue weighted by atomic mass is 35.5. The first-order chi connectivity index (χ1) is 12.8. The lowest BCUT2D eigenvalue weighted by molar-refractivity contribution is -0.123. The van der Waals surface area contributed by atoms with Crippen LogP contribution in [0.25, 0.3) is 0 Å². The third-order valence-corrected chi connectivity index (χ3v) is 3.73. The number of esters is 1. The van der Waals surface area contributed by atoms with Gasteiger partial charge < -0.3 is 9.47 Å². The topological polar surface area (TPSA) is 81.7 Å². The number of benzene rings is 2. The van der Waals surface area contributed by atoms with E-state index >= 15 is 0 Å². The number of alkyl halides is 2. The molecule has 0 heterocycles. The van der Waals surface area contributed by atoms with E-state index in [0.29, 0.717) is 0 Å². The average Bonchev–Trinajstić information content (AvgIpc) is 2.60. The summed E-state index contributed by atoms with van der Waals surface area (Å²) in [5, 5.41) is 2.08. The van der Waals surface area contributed by atoms with Crippen LogP contribution in [-0.4, -0.2) is 31.0 Å². The predicted octanol–water partition coefficient (Wildman–Crippen LogP) is 3.71. The molecule has 142 valence electrons. The predicted molar refractivity (Wildman–Crippen MR) is 92.3 cm³/mol. The van der Waals surface area contributed by atoms with Gasteiger partial charge in [0.05, 0.1) is 15.6 Å². The molecule has 0 aromatic heterocycles. The SMILES string of the molecule is O=C(COC(=O)c1c(Cl)cccc1Cl)NC(=O)c1ccc(OC(F)F)cc1. The van der Waals surface area contributed by atoms with Crippen molar-refractivity contribution in [1.82, 2.24) is 5.32 Å². The van der Waals surface area contributed by atoms with Gasteiger partial charge >= 0.3 is 12.6 Å². The Balaban J connectivity index is 1.90. The fourth-order valence-corrected chi connectivity index (χ4v) is 2.47. The number of carbonyl (C=O) groups is 3. The number of amides is 2. The monoisotopic (exact) mass is 417 g/mol. The lowest BCUT2D eigenvalue weighted by Crippen LogP contribution is -2.34. The number of hydrogen-bond donors (Lipinski definition) is 1. The summed E-state index contributed by atoms with van der Waals surface area (Å²) in [5.41, 5.74) is -0.0833. The molecule has 0 bridgehead atoms. The first-order valence-electron chi connectivity index (χ1n) is 7.28. The normalized spacial score (nSPS) is 10.4. The van der Waals surface area contributed by atoms with Crippen LogP contribution in [0.1, 0.15) is 20.7 Å². The van der Waals surface area contributed by atoms with E-state index in [1.165, 1.54) is 30.3 Å². The number of carbonyl (C=O) groups excluding carboxylic acids is 3. The summed E-state index contributed by atoms with van der Waals surface area (Å²) in [5.74, 6) is -2.78. The largest absolute Gasteiger partial charge is 0.452 e. The molecule has 0 fully saturated rings. The molecule has 27 heavy (non-hydrogen) atoms. The second-order valence-corrected chi connectivity index (χ2v) is 5.77. The molecule has 2 aromatic rings. The average molecular weight is 418 g/mol. The van der Waals surface area contributed by atoms with Gasteiger partial charge in [0.25, 0.3) is 11.8 Å². The van der Waals surface area contributed by atoms with Crippen molar-refractivity contribution < 1.29 is 32.6 Å². The van der Waals surface area contributed by atoms with Crippen LogP contribution in [0, 0.1) is 0 Å². The smallest absolute Gasteiger partial charge is 0.387 e. The molecule has 0 aliphatic heterocycles. The third kappa shape index (κ3) is 5.90. The Labute approximate surface area is 162 Å². The molecule has 0 unspecified atom stereocenters. The van der Waals surface area contributed by atoms with Crippen molar-refractivity contribution in [2.75, 3.05) is 6.61 Å². The van der Waals surface area contributed by atoms with Crippen LogP contribution < -0.4 is 10.1 Å². The third-order valence-electron chi connectivity index (χ3n) is 3.10. The molecular weight excluding hydrogens is 407 g/mol. The molecule has 0 saturated carbocycles. The number of hydrogen-bond acceptors (Lipinski definition) is 5. The van der Waals surface area contributed by atoms with E-state index in [4.69, 9.17) is 27.9 Å². The van der Waals surface area contributed by atoms with Gasteiger partial charge in [-0.25, -0.2) is 4.79 Å². The van der Waals surface area contributed by atoms with Crippen molar-refractivity contribution in [1.29, 1.82) is 0 Å². The van der Waals surface area contributed by atoms with Crippen LogP contribution in [-0.2, 0) is 9.53 Å². The van der Waals surface area contributed by atoms with Gasteiger partial charge in [-0.1, -0.05) is 29.3 Å². The van der Waals surface area contributed by atoms with Crippen molar-refractivity contribution >= 4 is 41.0 Å². The van der Waals surface area contributed by atoms with Crippen molar-refractivity contribution in [2.45, 2.75) is 6.61 Å². The Morgan fingerprint density at radius 2 is 1.59 bits per heavy atom. The lowest BCUT2D eigenvalue weighted by Gasteiger charge is -2.08. The summed E-state index contributed by atoms with van der Waals surface area (Å²) in [4.78, 5) is 35.6. The van der Waals surface area contributed by atoms with Crippen molar-refractivity contribution in [3.8, 4) is 5.75 Å². The maximum atomic E-state index is 12.1. The Morgan fingerprint density at radius 1 is 1.00 bits per heavy atom. The van der Waals surface area contributed by atoms with Gasteiger partial charge in [-0.05, 0) is 36.4 Å². The summed E-state index contributed by atoms with van der Waals surface area (Å²) in [6, 6.07) is 9.05. The molecule has 2 aromatic carbocycles. The van der Waals surface area contributed by atoms with Gasteiger partial charge in [0.1, 0.15) is 5.75 Å². The van der Waals surface area contributed by atoms with Crippen LogP contribution in [0.5, 0.6) is 5.75 Å². The van der Waals surface area contributed by atoms with Crippen LogP contribution >= 0.6 is 23.2 Å². The van der Waals surface area contributed by atoms with E-state index in [9.17, 15) is 23.2 Å². The van der Waals surface area contributed by atoms with E-state index < -0.39 is 31.0 Å². The summed E-state index contributed by atoms with van der Waals surface area (Å²) in [6.45, 7) is -3.74. The Morgan fingerprint density at radius 3 is 2.15 bits per heavy atom. The first kappa shape index (κ1) is 20.6. The van der Waals surface area contributed by atoms with Crippen LogP contribution in [0.2, 0.25) is 10.0 Å². The van der Waals surface area contributed by atoms with E-state index in [-0.39, 0.29) is 26.9 Å². The molecule has 1 N–H and O–H groups in total. The van der Waals surface area contributed by atoms with Crippen LogP contribution in [0.15, 0.2) is 42.5 Å². The molecule has 0 saturated heterocycles. The zero-order chi connectivity index (χ0) is 20.0. The van der Waals surface area contributed by atoms with E-state index in [0.717, 1.165) is 12.1 Å². The Bertz CT molecular complexity index is 839. The highest BCUT2D eigenvalue weighted by Gasteiger charge is 2.18. The number of rotatable bonds is 6. The molecule has 0 aliphatic rings. The molecule has 6 nitrogen and oxygen atoms in total. The lowest BCUT2D eigenvalue weighted by atomic mass is 10.2.